The maximum absolute atomic E-state index is 4.24. The number of aryl methyl sites for hydroxylation is 2. The molecule has 0 saturated carbocycles. The number of fused-ring (bicyclic) bond motifs is 2. The topological polar surface area (TPSA) is 41.6 Å². The third kappa shape index (κ3) is 5.42. The second-order valence-electron chi connectivity index (χ2n) is 5.01. The largest absolute Gasteiger partial charge is 0.346 e. The molecule has 0 amide bonds. The number of rotatable bonds is 0. The van der Waals surface area contributed by atoms with E-state index >= 15 is 0 Å². The molecular weight excluding hydrogens is 306 g/mol. The van der Waals surface area contributed by atoms with Gasteiger partial charge in [0.05, 0.1) is 5.52 Å². The normalized spacial score (nSPS) is 9.20. The fourth-order valence-corrected chi connectivity index (χ4v) is 2.34. The highest BCUT2D eigenvalue weighted by molar-refractivity contribution is 5.81. The number of pyridine rings is 2. The number of H-pyrrole nitrogens is 1. The molecule has 0 fully saturated rings. The second-order valence-corrected chi connectivity index (χ2v) is 5.01. The highest BCUT2D eigenvalue weighted by atomic mass is 14.8. The molecule has 3 nitrogen and oxygen atoms in total. The lowest BCUT2D eigenvalue weighted by Crippen LogP contribution is -1.79. The quantitative estimate of drug-likeness (QED) is 0.400. The van der Waals surface area contributed by atoms with E-state index in [0.29, 0.717) is 0 Å². The number of hydrogen-bond acceptors (Lipinski definition) is 2. The number of nitrogens with zero attached hydrogens (tertiary/aromatic N) is 2. The molecule has 4 aromatic rings. The lowest BCUT2D eigenvalue weighted by atomic mass is 10.1. The molecule has 0 unspecified atom stereocenters. The molecule has 25 heavy (non-hydrogen) atoms. The first-order valence-corrected chi connectivity index (χ1v) is 8.95. The molecule has 0 saturated heterocycles. The van der Waals surface area contributed by atoms with Crippen LogP contribution in [0.5, 0.6) is 0 Å². The van der Waals surface area contributed by atoms with Gasteiger partial charge in [0.25, 0.3) is 0 Å². The zero-order valence-corrected chi connectivity index (χ0v) is 16.2. The molecular formula is C22H29N3. The third-order valence-corrected chi connectivity index (χ3v) is 3.55. The number of benzene rings is 1. The Hall–Kier alpha value is -2.68. The molecule has 0 bridgehead atoms. The minimum Gasteiger partial charge on any atom is -0.346 e. The summed E-state index contributed by atoms with van der Waals surface area (Å²) in [5.74, 6) is 0. The predicted molar refractivity (Wildman–Crippen MR) is 110 cm³/mol. The fraction of sp³-hybridized carbons (Fsp3) is 0.273. The summed E-state index contributed by atoms with van der Waals surface area (Å²) < 4.78 is 0. The molecule has 4 rings (SSSR count). The van der Waals surface area contributed by atoms with Crippen LogP contribution in [0, 0.1) is 13.8 Å². The molecule has 1 N–H and O–H groups in total. The van der Waals surface area contributed by atoms with E-state index in [1.165, 1.54) is 21.9 Å². The van der Waals surface area contributed by atoms with E-state index in [1.54, 1.807) is 0 Å². The van der Waals surface area contributed by atoms with Gasteiger partial charge in [-0.3, -0.25) is 4.98 Å². The van der Waals surface area contributed by atoms with Crippen LogP contribution in [-0.2, 0) is 0 Å². The Labute approximate surface area is 151 Å². The van der Waals surface area contributed by atoms with Gasteiger partial charge in [0.1, 0.15) is 5.65 Å². The summed E-state index contributed by atoms with van der Waals surface area (Å²) in [6.07, 6.45) is 5.57. The SMILES string of the molecule is CC.CC.Cc1ccnc2[nH]ccc12.Cc1ccnc2ccccc12. The van der Waals surface area contributed by atoms with E-state index in [0.717, 1.165) is 11.2 Å². The van der Waals surface area contributed by atoms with Crippen molar-refractivity contribution in [3.63, 3.8) is 0 Å². The Balaban J connectivity index is 0.000000210. The van der Waals surface area contributed by atoms with Crippen LogP contribution in [0.2, 0.25) is 0 Å². The van der Waals surface area contributed by atoms with Gasteiger partial charge in [-0.2, -0.15) is 0 Å². The van der Waals surface area contributed by atoms with Crippen molar-refractivity contribution in [2.75, 3.05) is 0 Å². The second kappa shape index (κ2) is 11.0. The number of nitrogens with one attached hydrogen (secondary N) is 1. The number of aromatic nitrogens is 3. The maximum Gasteiger partial charge on any atom is 0.137 e. The van der Waals surface area contributed by atoms with Crippen molar-refractivity contribution in [3.05, 3.63) is 72.2 Å². The lowest BCUT2D eigenvalue weighted by molar-refractivity contribution is 1.31. The Bertz CT molecular complexity index is 873. The van der Waals surface area contributed by atoms with Crippen LogP contribution in [0.15, 0.2) is 61.1 Å². The smallest absolute Gasteiger partial charge is 0.137 e. The highest BCUT2D eigenvalue weighted by Gasteiger charge is 1.95. The van der Waals surface area contributed by atoms with E-state index in [-0.39, 0.29) is 0 Å². The molecule has 0 spiro atoms. The molecule has 0 aliphatic rings. The molecule has 3 heteroatoms. The van der Waals surface area contributed by atoms with E-state index in [1.807, 2.05) is 82.7 Å². The summed E-state index contributed by atoms with van der Waals surface area (Å²) in [6.45, 7) is 12.2. The van der Waals surface area contributed by atoms with Crippen LogP contribution >= 0.6 is 0 Å². The first-order valence-electron chi connectivity index (χ1n) is 8.95. The van der Waals surface area contributed by atoms with Gasteiger partial charge >= 0.3 is 0 Å². The van der Waals surface area contributed by atoms with Crippen LogP contribution in [0.25, 0.3) is 21.9 Å². The summed E-state index contributed by atoms with van der Waals surface area (Å²) in [5.41, 5.74) is 4.61. The highest BCUT2D eigenvalue weighted by Crippen LogP contribution is 2.14. The predicted octanol–water partition coefficient (Wildman–Crippen LogP) is 6.47. The van der Waals surface area contributed by atoms with Gasteiger partial charge in [-0.05, 0) is 49.2 Å². The number of para-hydroxylation sites is 1. The molecule has 0 atom stereocenters. The summed E-state index contributed by atoms with van der Waals surface area (Å²) in [7, 11) is 0. The van der Waals surface area contributed by atoms with E-state index in [2.05, 4.69) is 34.9 Å². The van der Waals surface area contributed by atoms with Gasteiger partial charge in [0, 0.05) is 29.4 Å². The standard InChI is InChI=1S/C10H9N.C8H8N2.2C2H6/c1-8-6-7-11-10-5-3-2-4-9(8)10;1-6-2-4-9-8-7(6)3-5-10-8;2*1-2/h2-7H,1H3;2-5H,1H3,(H,9,10);2*1-2H3. The first-order chi connectivity index (χ1) is 12.3. The van der Waals surface area contributed by atoms with E-state index < -0.39 is 0 Å². The summed E-state index contributed by atoms with van der Waals surface area (Å²) in [6, 6.07) is 14.3. The molecule has 0 aliphatic heterocycles. The van der Waals surface area contributed by atoms with Crippen molar-refractivity contribution in [1.29, 1.82) is 0 Å². The van der Waals surface area contributed by atoms with E-state index in [4.69, 9.17) is 0 Å². The summed E-state index contributed by atoms with van der Waals surface area (Å²) >= 11 is 0. The molecule has 3 aromatic heterocycles. The maximum atomic E-state index is 4.24. The van der Waals surface area contributed by atoms with Crippen LogP contribution in [0.3, 0.4) is 0 Å². The monoisotopic (exact) mass is 335 g/mol. The Morgan fingerprint density at radius 2 is 1.28 bits per heavy atom. The zero-order valence-electron chi connectivity index (χ0n) is 16.2. The molecule has 1 aromatic carbocycles. The first kappa shape index (κ1) is 20.4. The van der Waals surface area contributed by atoms with E-state index in [9.17, 15) is 0 Å². The zero-order chi connectivity index (χ0) is 18.7. The average Bonchev–Trinajstić information content (AvgIpc) is 3.16. The molecule has 0 aliphatic carbocycles. The Kier molecular flexibility index (Phi) is 8.94. The van der Waals surface area contributed by atoms with Crippen LogP contribution in [-0.4, -0.2) is 15.0 Å². The van der Waals surface area contributed by atoms with Gasteiger partial charge in [-0.25, -0.2) is 4.98 Å². The number of hydrogen-bond donors (Lipinski definition) is 1. The molecule has 132 valence electrons. The van der Waals surface area contributed by atoms with Gasteiger partial charge in [0.2, 0.25) is 0 Å². The summed E-state index contributed by atoms with van der Waals surface area (Å²) in [4.78, 5) is 11.4. The van der Waals surface area contributed by atoms with Crippen molar-refractivity contribution in [2.24, 2.45) is 0 Å². The van der Waals surface area contributed by atoms with Crippen LogP contribution < -0.4 is 0 Å². The minimum atomic E-state index is 0.972. The van der Waals surface area contributed by atoms with Crippen molar-refractivity contribution < 1.29 is 0 Å². The van der Waals surface area contributed by atoms with Crippen molar-refractivity contribution in [1.82, 2.24) is 15.0 Å². The van der Waals surface area contributed by atoms with Gasteiger partial charge in [-0.15, -0.1) is 0 Å². The number of aromatic amines is 1. The van der Waals surface area contributed by atoms with Crippen LogP contribution in [0.1, 0.15) is 38.8 Å². The Morgan fingerprint density at radius 3 is 1.92 bits per heavy atom. The fourth-order valence-electron chi connectivity index (χ4n) is 2.34. The van der Waals surface area contributed by atoms with Gasteiger partial charge in [-0.1, -0.05) is 45.9 Å². The lowest BCUT2D eigenvalue weighted by Gasteiger charge is -1.97. The van der Waals surface area contributed by atoms with Gasteiger partial charge in [0.15, 0.2) is 0 Å². The van der Waals surface area contributed by atoms with Gasteiger partial charge < -0.3 is 4.98 Å². The third-order valence-electron chi connectivity index (χ3n) is 3.55. The summed E-state index contributed by atoms with van der Waals surface area (Å²) in [5, 5.41) is 2.46. The van der Waals surface area contributed by atoms with Crippen molar-refractivity contribution >= 4 is 21.9 Å². The van der Waals surface area contributed by atoms with Crippen LogP contribution in [0.4, 0.5) is 0 Å². The Morgan fingerprint density at radius 1 is 0.680 bits per heavy atom. The minimum absolute atomic E-state index is 0.972. The average molecular weight is 335 g/mol. The van der Waals surface area contributed by atoms with Crippen molar-refractivity contribution in [3.8, 4) is 0 Å². The molecule has 0 radical (unpaired) electrons. The molecule has 3 heterocycles. The van der Waals surface area contributed by atoms with Crippen molar-refractivity contribution in [2.45, 2.75) is 41.5 Å².